The molecule has 0 atom stereocenters. The van der Waals surface area contributed by atoms with Crippen LogP contribution in [-0.2, 0) is 6.54 Å². The van der Waals surface area contributed by atoms with Crippen LogP contribution in [0.3, 0.4) is 0 Å². The molecular weight excluding hydrogens is 268 g/mol. The highest BCUT2D eigenvalue weighted by Gasteiger charge is 2.11. The minimum absolute atomic E-state index is 0.437. The first-order valence-corrected chi connectivity index (χ1v) is 7.89. The molecule has 0 aliphatic rings. The summed E-state index contributed by atoms with van der Waals surface area (Å²) in [6, 6.07) is 6.36. The van der Waals surface area contributed by atoms with Crippen LogP contribution in [0.1, 0.15) is 37.3 Å². The summed E-state index contributed by atoms with van der Waals surface area (Å²) in [7, 11) is 1.94. The molecule has 0 amide bonds. The first-order valence-electron chi connectivity index (χ1n) is 7.01. The van der Waals surface area contributed by atoms with Crippen molar-refractivity contribution in [1.82, 2.24) is 10.3 Å². The van der Waals surface area contributed by atoms with Gasteiger partial charge in [-0.3, -0.25) is 0 Å². The van der Waals surface area contributed by atoms with Crippen LogP contribution in [0.15, 0.2) is 23.6 Å². The maximum absolute atomic E-state index is 5.71. The molecule has 0 aliphatic heterocycles. The molecule has 0 unspecified atom stereocenters. The fourth-order valence-corrected chi connectivity index (χ4v) is 2.94. The van der Waals surface area contributed by atoms with E-state index in [2.05, 4.69) is 47.7 Å². The second-order valence-corrected chi connectivity index (χ2v) is 5.94. The Labute approximate surface area is 125 Å². The van der Waals surface area contributed by atoms with Crippen LogP contribution in [0.2, 0.25) is 0 Å². The first-order chi connectivity index (χ1) is 9.65. The topological polar surface area (TPSA) is 34.1 Å². The maximum atomic E-state index is 5.71. The van der Waals surface area contributed by atoms with Crippen LogP contribution in [-0.4, -0.2) is 18.6 Å². The van der Waals surface area contributed by atoms with Crippen LogP contribution in [0.25, 0.3) is 11.3 Å². The molecule has 2 rings (SSSR count). The molecule has 0 bridgehead atoms. The smallest absolute Gasteiger partial charge is 0.122 e. The van der Waals surface area contributed by atoms with Gasteiger partial charge in [0.25, 0.3) is 0 Å². The standard InChI is InChI=1S/C16H22N2OS/c1-5-19-15-7-6-12(8-13(15)11(2)3)14-10-20-16(18-14)9-17-4/h6-8,10-11,17H,5,9H2,1-4H3. The van der Waals surface area contributed by atoms with Crippen LogP contribution in [0.4, 0.5) is 0 Å². The van der Waals surface area contributed by atoms with Gasteiger partial charge in [-0.25, -0.2) is 4.98 Å². The van der Waals surface area contributed by atoms with Crippen molar-refractivity contribution in [1.29, 1.82) is 0 Å². The molecule has 0 saturated heterocycles. The predicted octanol–water partition coefficient (Wildman–Crippen LogP) is 4.05. The molecule has 0 radical (unpaired) electrons. The molecule has 3 nitrogen and oxygen atoms in total. The lowest BCUT2D eigenvalue weighted by atomic mass is 9.98. The van der Waals surface area contributed by atoms with E-state index in [9.17, 15) is 0 Å². The van der Waals surface area contributed by atoms with Gasteiger partial charge in [-0.15, -0.1) is 11.3 Å². The van der Waals surface area contributed by atoms with Gasteiger partial charge in [0.2, 0.25) is 0 Å². The molecule has 1 aromatic carbocycles. The molecule has 2 aromatic rings. The van der Waals surface area contributed by atoms with E-state index in [-0.39, 0.29) is 0 Å². The molecule has 1 N–H and O–H groups in total. The summed E-state index contributed by atoms with van der Waals surface area (Å²) < 4.78 is 5.71. The number of ether oxygens (including phenoxy) is 1. The largest absolute Gasteiger partial charge is 0.494 e. The Morgan fingerprint density at radius 1 is 1.35 bits per heavy atom. The number of aromatic nitrogens is 1. The normalized spacial score (nSPS) is 11.1. The Hall–Kier alpha value is -1.39. The lowest BCUT2D eigenvalue weighted by Gasteiger charge is -2.14. The average molecular weight is 290 g/mol. The van der Waals surface area contributed by atoms with Crippen molar-refractivity contribution in [3.8, 4) is 17.0 Å². The minimum Gasteiger partial charge on any atom is -0.494 e. The Morgan fingerprint density at radius 2 is 2.15 bits per heavy atom. The van der Waals surface area contributed by atoms with E-state index in [0.29, 0.717) is 12.5 Å². The van der Waals surface area contributed by atoms with Gasteiger partial charge in [0.1, 0.15) is 10.8 Å². The van der Waals surface area contributed by atoms with Crippen molar-refractivity contribution in [2.75, 3.05) is 13.7 Å². The Kier molecular flexibility index (Phi) is 5.15. The van der Waals surface area contributed by atoms with Crippen molar-refractivity contribution < 1.29 is 4.74 Å². The molecule has 1 heterocycles. The fraction of sp³-hybridized carbons (Fsp3) is 0.438. The Morgan fingerprint density at radius 3 is 2.80 bits per heavy atom. The fourth-order valence-electron chi connectivity index (χ4n) is 2.12. The van der Waals surface area contributed by atoms with Gasteiger partial charge in [0.15, 0.2) is 0 Å². The molecule has 20 heavy (non-hydrogen) atoms. The van der Waals surface area contributed by atoms with Gasteiger partial charge in [0.05, 0.1) is 12.3 Å². The Balaban J connectivity index is 2.34. The van der Waals surface area contributed by atoms with E-state index in [0.717, 1.165) is 28.6 Å². The summed E-state index contributed by atoms with van der Waals surface area (Å²) in [5.41, 5.74) is 3.45. The van der Waals surface area contributed by atoms with Gasteiger partial charge < -0.3 is 10.1 Å². The van der Waals surface area contributed by atoms with E-state index in [1.807, 2.05) is 14.0 Å². The van der Waals surface area contributed by atoms with E-state index >= 15 is 0 Å². The molecule has 1 aromatic heterocycles. The number of nitrogens with one attached hydrogen (secondary N) is 1. The van der Waals surface area contributed by atoms with Crippen LogP contribution in [0, 0.1) is 0 Å². The van der Waals surface area contributed by atoms with Crippen molar-refractivity contribution in [2.45, 2.75) is 33.2 Å². The highest BCUT2D eigenvalue weighted by Crippen LogP contribution is 2.32. The summed E-state index contributed by atoms with van der Waals surface area (Å²) in [4.78, 5) is 4.66. The molecule has 0 aliphatic carbocycles. The van der Waals surface area contributed by atoms with E-state index in [1.54, 1.807) is 11.3 Å². The zero-order chi connectivity index (χ0) is 14.5. The quantitative estimate of drug-likeness (QED) is 0.871. The summed E-state index contributed by atoms with van der Waals surface area (Å²) in [5, 5.41) is 6.36. The second kappa shape index (κ2) is 6.86. The van der Waals surface area contributed by atoms with Crippen LogP contribution >= 0.6 is 11.3 Å². The average Bonchev–Trinajstić information content (AvgIpc) is 2.88. The zero-order valence-electron chi connectivity index (χ0n) is 12.6. The number of hydrogen-bond donors (Lipinski definition) is 1. The second-order valence-electron chi connectivity index (χ2n) is 5.00. The highest BCUT2D eigenvalue weighted by molar-refractivity contribution is 7.09. The monoisotopic (exact) mass is 290 g/mol. The molecule has 4 heteroatoms. The first kappa shape index (κ1) is 15.0. The number of thiazole rings is 1. The number of hydrogen-bond acceptors (Lipinski definition) is 4. The minimum atomic E-state index is 0.437. The van der Waals surface area contributed by atoms with Crippen molar-refractivity contribution in [3.05, 3.63) is 34.2 Å². The molecular formula is C16H22N2OS. The van der Waals surface area contributed by atoms with Crippen LogP contribution < -0.4 is 10.1 Å². The van der Waals surface area contributed by atoms with Gasteiger partial charge in [0, 0.05) is 17.5 Å². The summed E-state index contributed by atoms with van der Waals surface area (Å²) in [6.07, 6.45) is 0. The Bertz CT molecular complexity index is 563. The van der Waals surface area contributed by atoms with Gasteiger partial charge in [-0.05, 0) is 43.7 Å². The van der Waals surface area contributed by atoms with E-state index in [1.165, 1.54) is 5.56 Å². The third-order valence-electron chi connectivity index (χ3n) is 3.11. The van der Waals surface area contributed by atoms with Crippen molar-refractivity contribution >= 4 is 11.3 Å². The third-order valence-corrected chi connectivity index (χ3v) is 3.96. The lowest BCUT2D eigenvalue weighted by molar-refractivity contribution is 0.335. The van der Waals surface area contributed by atoms with Crippen molar-refractivity contribution in [3.63, 3.8) is 0 Å². The molecule has 108 valence electrons. The van der Waals surface area contributed by atoms with Crippen molar-refractivity contribution in [2.24, 2.45) is 0 Å². The van der Waals surface area contributed by atoms with E-state index in [4.69, 9.17) is 4.74 Å². The SMILES string of the molecule is CCOc1ccc(-c2csc(CNC)n2)cc1C(C)C. The van der Waals surface area contributed by atoms with E-state index < -0.39 is 0 Å². The predicted molar refractivity (Wildman–Crippen MR) is 85.6 cm³/mol. The number of nitrogens with zero attached hydrogens (tertiary/aromatic N) is 1. The van der Waals surface area contributed by atoms with Gasteiger partial charge in [-0.2, -0.15) is 0 Å². The molecule has 0 saturated carbocycles. The lowest BCUT2D eigenvalue weighted by Crippen LogP contribution is -2.04. The van der Waals surface area contributed by atoms with Gasteiger partial charge in [-0.1, -0.05) is 13.8 Å². The van der Waals surface area contributed by atoms with Crippen LogP contribution in [0.5, 0.6) is 5.75 Å². The van der Waals surface area contributed by atoms with Gasteiger partial charge >= 0.3 is 0 Å². The maximum Gasteiger partial charge on any atom is 0.122 e. The summed E-state index contributed by atoms with van der Waals surface area (Å²) in [6.45, 7) is 7.91. The summed E-state index contributed by atoms with van der Waals surface area (Å²) >= 11 is 1.69. The highest BCUT2D eigenvalue weighted by atomic mass is 32.1. The molecule has 0 spiro atoms. The summed E-state index contributed by atoms with van der Waals surface area (Å²) in [5.74, 6) is 1.42. The molecule has 0 fully saturated rings. The number of benzene rings is 1. The number of rotatable bonds is 6. The zero-order valence-corrected chi connectivity index (χ0v) is 13.4. The third kappa shape index (κ3) is 3.38.